The van der Waals surface area contributed by atoms with Gasteiger partial charge in [-0.3, -0.25) is 4.98 Å². The minimum Gasteiger partial charge on any atom is -0.377 e. The van der Waals surface area contributed by atoms with Gasteiger partial charge in [0, 0.05) is 17.3 Å². The molecule has 0 saturated heterocycles. The molecule has 5 aromatic carbocycles. The van der Waals surface area contributed by atoms with E-state index in [1.54, 1.807) is 0 Å². The summed E-state index contributed by atoms with van der Waals surface area (Å²) in [4.78, 5) is 4.49. The number of aromatic nitrogens is 1. The number of hydrogen-bond donors (Lipinski definition) is 1. The fourth-order valence-corrected chi connectivity index (χ4v) is 7.17. The molecule has 0 bridgehead atoms. The topological polar surface area (TPSA) is 24.9 Å². The first-order chi connectivity index (χ1) is 25.1. The average Bonchev–Trinajstić information content (AvgIpc) is 3.41. The monoisotopic (exact) mass is 658 g/mol. The maximum absolute atomic E-state index is 4.49. The molecule has 1 unspecified atom stereocenters. The number of benzene rings is 5. The Kier molecular flexibility index (Phi) is 9.14. The summed E-state index contributed by atoms with van der Waals surface area (Å²) in [5.41, 5.74) is 14.6. The summed E-state index contributed by atoms with van der Waals surface area (Å²) >= 11 is 0. The van der Waals surface area contributed by atoms with Crippen molar-refractivity contribution in [2.75, 3.05) is 0 Å². The Morgan fingerprint density at radius 1 is 0.608 bits per heavy atom. The van der Waals surface area contributed by atoms with Crippen LogP contribution in [0.15, 0.2) is 181 Å². The second kappa shape index (κ2) is 14.5. The van der Waals surface area contributed by atoms with Gasteiger partial charge in [0.15, 0.2) is 0 Å². The van der Waals surface area contributed by atoms with Gasteiger partial charge >= 0.3 is 0 Å². The normalized spacial score (nSPS) is 16.7. The van der Waals surface area contributed by atoms with Gasteiger partial charge in [-0.15, -0.1) is 0 Å². The number of fused-ring (bicyclic) bond motifs is 2. The van der Waals surface area contributed by atoms with Crippen LogP contribution in [0.5, 0.6) is 0 Å². The number of nitrogens with one attached hydrogen (secondary N) is 1. The van der Waals surface area contributed by atoms with Gasteiger partial charge in [-0.05, 0) is 119 Å². The van der Waals surface area contributed by atoms with Crippen molar-refractivity contribution >= 4 is 38.5 Å². The molecule has 51 heavy (non-hydrogen) atoms. The predicted octanol–water partition coefficient (Wildman–Crippen LogP) is 12.8. The third kappa shape index (κ3) is 7.32. The number of allylic oxidation sites excluding steroid dienone is 10. The molecule has 248 valence electrons. The second-order valence-electron chi connectivity index (χ2n) is 13.8. The van der Waals surface area contributed by atoms with Crippen molar-refractivity contribution in [3.05, 3.63) is 203 Å². The van der Waals surface area contributed by atoms with Crippen LogP contribution in [0.3, 0.4) is 0 Å². The first-order valence-electron chi connectivity index (χ1n) is 18.0. The highest BCUT2D eigenvalue weighted by Gasteiger charge is 2.18. The van der Waals surface area contributed by atoms with Crippen LogP contribution in [-0.4, -0.2) is 4.98 Å². The molecule has 1 aliphatic carbocycles. The zero-order valence-electron chi connectivity index (χ0n) is 29.3. The molecule has 0 fully saturated rings. The number of pyridine rings is 1. The van der Waals surface area contributed by atoms with E-state index in [1.807, 2.05) is 12.3 Å². The predicted molar refractivity (Wildman–Crippen MR) is 218 cm³/mol. The summed E-state index contributed by atoms with van der Waals surface area (Å²) < 4.78 is 0. The van der Waals surface area contributed by atoms with Crippen molar-refractivity contribution in [2.45, 2.75) is 39.2 Å². The van der Waals surface area contributed by atoms with Crippen LogP contribution >= 0.6 is 0 Å². The van der Waals surface area contributed by atoms with E-state index in [0.29, 0.717) is 0 Å². The van der Waals surface area contributed by atoms with Gasteiger partial charge in [0.2, 0.25) is 0 Å². The van der Waals surface area contributed by atoms with Crippen molar-refractivity contribution in [3.8, 4) is 11.1 Å². The van der Waals surface area contributed by atoms with Gasteiger partial charge in [0.25, 0.3) is 0 Å². The molecule has 0 spiro atoms. The third-order valence-corrected chi connectivity index (χ3v) is 10.1. The zero-order chi connectivity index (χ0) is 34.6. The Labute approximate surface area is 301 Å². The van der Waals surface area contributed by atoms with E-state index in [4.69, 9.17) is 0 Å². The SMILES string of the molecule is CC1=CC(c2ccc(C3=CC(c4ccc5ccccc5c4)=CCC(c4ccc(-c5ccc6ncccc6c5)cc4)N3)cc2)=CCCC(C)=CC=C1. The minimum absolute atomic E-state index is 0.124. The van der Waals surface area contributed by atoms with Crippen LogP contribution in [-0.2, 0) is 0 Å². The maximum atomic E-state index is 4.49. The fraction of sp³-hybridized carbons (Fsp3) is 0.122. The number of rotatable bonds is 5. The number of nitrogens with zero attached hydrogens (tertiary/aromatic N) is 1. The van der Waals surface area contributed by atoms with Gasteiger partial charge in [-0.1, -0.05) is 145 Å². The summed E-state index contributed by atoms with van der Waals surface area (Å²) in [6, 6.07) is 44.3. The lowest BCUT2D eigenvalue weighted by atomic mass is 9.96. The quantitative estimate of drug-likeness (QED) is 0.199. The van der Waals surface area contributed by atoms with E-state index in [0.717, 1.165) is 35.9 Å². The van der Waals surface area contributed by atoms with E-state index in [9.17, 15) is 0 Å². The summed E-state index contributed by atoms with van der Waals surface area (Å²) in [7, 11) is 0. The summed E-state index contributed by atoms with van der Waals surface area (Å²) in [5.74, 6) is 0. The molecule has 0 saturated carbocycles. The maximum Gasteiger partial charge on any atom is 0.0702 e. The van der Waals surface area contributed by atoms with Crippen LogP contribution in [0.25, 0.3) is 49.6 Å². The zero-order valence-corrected chi connectivity index (χ0v) is 29.3. The van der Waals surface area contributed by atoms with Crippen LogP contribution < -0.4 is 5.32 Å². The van der Waals surface area contributed by atoms with E-state index in [1.165, 1.54) is 66.4 Å². The molecule has 2 aliphatic rings. The van der Waals surface area contributed by atoms with Gasteiger partial charge in [-0.2, -0.15) is 0 Å². The van der Waals surface area contributed by atoms with Crippen LogP contribution in [0.1, 0.15) is 61.4 Å². The Bertz CT molecular complexity index is 2410. The Morgan fingerprint density at radius 3 is 2.18 bits per heavy atom. The molecular formula is C49H42N2. The van der Waals surface area contributed by atoms with E-state index < -0.39 is 0 Å². The standard InChI is InChI=1S/C49H42N2/c1-34-8-5-10-35(2)30-41(13-6-9-34)37-17-22-40(23-18-37)49-33-45(44-24-19-36-11-3-4-12-42(36)31-44)26-28-48(51-49)39-20-15-38(16-21-39)43-25-27-47-46(32-43)14-7-29-50-47/h3-5,7-8,10-27,29-33,48,51H,6,9,28H2,1-2H3. The first kappa shape index (κ1) is 32.2. The van der Waals surface area contributed by atoms with Gasteiger partial charge in [0.1, 0.15) is 0 Å². The highest BCUT2D eigenvalue weighted by molar-refractivity contribution is 5.91. The first-order valence-corrected chi connectivity index (χ1v) is 18.0. The molecule has 6 aromatic rings. The average molecular weight is 659 g/mol. The Hall–Kier alpha value is -5.99. The third-order valence-electron chi connectivity index (χ3n) is 10.1. The second-order valence-corrected chi connectivity index (χ2v) is 13.8. The van der Waals surface area contributed by atoms with Crippen LogP contribution in [0, 0.1) is 0 Å². The fourth-order valence-electron chi connectivity index (χ4n) is 7.17. The van der Waals surface area contributed by atoms with Gasteiger partial charge in [0.05, 0.1) is 11.6 Å². The molecule has 0 radical (unpaired) electrons. The van der Waals surface area contributed by atoms with Crippen molar-refractivity contribution in [3.63, 3.8) is 0 Å². The largest absolute Gasteiger partial charge is 0.377 e. The smallest absolute Gasteiger partial charge is 0.0702 e. The lowest BCUT2D eigenvalue weighted by Gasteiger charge is -2.21. The van der Waals surface area contributed by atoms with E-state index >= 15 is 0 Å². The highest BCUT2D eigenvalue weighted by Crippen LogP contribution is 2.34. The number of hydrogen-bond acceptors (Lipinski definition) is 2. The molecule has 8 rings (SSSR count). The minimum atomic E-state index is 0.124. The molecule has 0 amide bonds. The Balaban J connectivity index is 1.12. The molecule has 2 nitrogen and oxygen atoms in total. The van der Waals surface area contributed by atoms with Crippen molar-refractivity contribution in [1.82, 2.24) is 10.3 Å². The van der Waals surface area contributed by atoms with Gasteiger partial charge in [-0.25, -0.2) is 0 Å². The lowest BCUT2D eigenvalue weighted by Crippen LogP contribution is -2.18. The molecule has 2 heteroatoms. The molecule has 1 N–H and O–H groups in total. The van der Waals surface area contributed by atoms with Gasteiger partial charge < -0.3 is 5.32 Å². The van der Waals surface area contributed by atoms with E-state index in [-0.39, 0.29) is 6.04 Å². The Morgan fingerprint density at radius 2 is 1.31 bits per heavy atom. The molecule has 2 heterocycles. The summed E-state index contributed by atoms with van der Waals surface area (Å²) in [5, 5.41) is 7.64. The summed E-state index contributed by atoms with van der Waals surface area (Å²) in [6.45, 7) is 4.39. The molecule has 1 aromatic heterocycles. The van der Waals surface area contributed by atoms with Crippen molar-refractivity contribution in [1.29, 1.82) is 0 Å². The highest BCUT2D eigenvalue weighted by atomic mass is 14.9. The molecular weight excluding hydrogens is 617 g/mol. The lowest BCUT2D eigenvalue weighted by molar-refractivity contribution is 0.648. The molecule has 1 atom stereocenters. The van der Waals surface area contributed by atoms with Crippen molar-refractivity contribution < 1.29 is 0 Å². The molecule has 1 aliphatic heterocycles. The van der Waals surface area contributed by atoms with Crippen LogP contribution in [0.2, 0.25) is 0 Å². The van der Waals surface area contributed by atoms with Crippen LogP contribution in [0.4, 0.5) is 0 Å². The van der Waals surface area contributed by atoms with Crippen molar-refractivity contribution in [2.24, 2.45) is 0 Å². The summed E-state index contributed by atoms with van der Waals surface area (Å²) in [6.07, 6.45) is 20.8. The van der Waals surface area contributed by atoms with E-state index in [2.05, 4.69) is 182 Å².